The third-order valence-electron chi connectivity index (χ3n) is 5.27. The molecule has 0 amide bonds. The van der Waals surface area contributed by atoms with Gasteiger partial charge in [0.1, 0.15) is 0 Å². The highest BCUT2D eigenvalue weighted by Crippen LogP contribution is 2.46. The van der Waals surface area contributed by atoms with Gasteiger partial charge in [0.25, 0.3) is 0 Å². The van der Waals surface area contributed by atoms with E-state index in [4.69, 9.17) is 10.2 Å². The van der Waals surface area contributed by atoms with Gasteiger partial charge < -0.3 is 10.2 Å². The highest BCUT2D eigenvalue weighted by Gasteiger charge is 2.46. The Kier molecular flexibility index (Phi) is 4.95. The van der Waals surface area contributed by atoms with Crippen LogP contribution >= 0.6 is 0 Å². The fourth-order valence-corrected chi connectivity index (χ4v) is 5.95. The van der Waals surface area contributed by atoms with E-state index in [1.165, 1.54) is 10.4 Å². The normalized spacial score (nSPS) is 24.0. The minimum atomic E-state index is -1.67. The van der Waals surface area contributed by atoms with Crippen molar-refractivity contribution in [3.8, 4) is 0 Å². The maximum Gasteiger partial charge on any atom is 0.239 e. The molecular weight excluding hydrogens is 310 g/mol. The molecule has 24 heavy (non-hydrogen) atoms. The van der Waals surface area contributed by atoms with Crippen molar-refractivity contribution in [2.75, 3.05) is 6.61 Å². The van der Waals surface area contributed by atoms with Crippen LogP contribution in [0.5, 0.6) is 0 Å². The second-order valence-electron chi connectivity index (χ2n) is 8.35. The lowest BCUT2D eigenvalue weighted by molar-refractivity contribution is 0.0204. The average molecular weight is 340 g/mol. The Morgan fingerprint density at radius 1 is 0.958 bits per heavy atom. The molecule has 0 saturated heterocycles. The zero-order valence-corrected chi connectivity index (χ0v) is 16.2. The lowest BCUT2D eigenvalue weighted by Crippen LogP contribution is -2.60. The first kappa shape index (κ1) is 17.4. The molecule has 0 radical (unpaired) electrons. The zero-order valence-electron chi connectivity index (χ0n) is 15.0. The van der Waals surface area contributed by atoms with Crippen molar-refractivity contribution in [3.05, 3.63) is 60.7 Å². The van der Waals surface area contributed by atoms with Gasteiger partial charge in [0.05, 0.1) is 6.61 Å². The molecule has 0 aromatic heterocycles. The van der Waals surface area contributed by atoms with Crippen LogP contribution in [0.2, 0.25) is 0 Å². The van der Waals surface area contributed by atoms with Crippen LogP contribution in [0.4, 0.5) is 0 Å². The molecule has 0 heterocycles. The van der Waals surface area contributed by atoms with Gasteiger partial charge in [0, 0.05) is 5.54 Å². The molecule has 0 unspecified atom stereocenters. The molecule has 1 saturated carbocycles. The van der Waals surface area contributed by atoms with E-state index in [9.17, 15) is 0 Å². The number of hydrogen-bond acceptors (Lipinski definition) is 2. The molecule has 2 aromatic rings. The van der Waals surface area contributed by atoms with Crippen molar-refractivity contribution in [2.45, 2.75) is 39.2 Å². The van der Waals surface area contributed by atoms with Gasteiger partial charge in [-0.2, -0.15) is 0 Å². The van der Waals surface area contributed by atoms with E-state index in [1.54, 1.807) is 0 Å². The van der Waals surface area contributed by atoms with E-state index in [0.29, 0.717) is 17.9 Å². The van der Waals surface area contributed by atoms with Crippen molar-refractivity contribution in [1.29, 1.82) is 0 Å². The highest BCUT2D eigenvalue weighted by atomic mass is 28.3. The van der Waals surface area contributed by atoms with Gasteiger partial charge in [-0.05, 0) is 34.5 Å². The molecule has 3 heteroatoms. The summed E-state index contributed by atoms with van der Waals surface area (Å²) in [5.74, 6) is 0.708. The zero-order chi connectivity index (χ0) is 17.2. The third kappa shape index (κ3) is 3.97. The van der Waals surface area contributed by atoms with Crippen molar-refractivity contribution >= 4 is 19.4 Å². The Morgan fingerprint density at radius 3 is 1.83 bits per heavy atom. The fraction of sp³-hybridized carbons (Fsp3) is 0.429. The van der Waals surface area contributed by atoms with E-state index in [1.807, 2.05) is 0 Å². The summed E-state index contributed by atoms with van der Waals surface area (Å²) in [4.78, 5) is 0. The van der Waals surface area contributed by atoms with Crippen molar-refractivity contribution < 1.29 is 4.43 Å². The lowest BCUT2D eigenvalue weighted by atomic mass is 9.59. The van der Waals surface area contributed by atoms with E-state index in [2.05, 4.69) is 81.4 Å². The SMILES string of the molecule is CC(C)(C)C1CC(N)(CO[SiH](c2ccccc2)c2ccccc2)C1. The maximum atomic E-state index is 6.59. The standard InChI is InChI=1S/C21H29NOSi/c1-20(2,3)17-14-21(22,15-17)16-23-24(18-10-6-4-7-11-18)19-12-8-5-9-13-19/h4-13,17,24H,14-16,22H2,1-3H3. The Labute approximate surface area is 147 Å². The van der Waals surface area contributed by atoms with E-state index >= 15 is 0 Å². The van der Waals surface area contributed by atoms with E-state index in [-0.39, 0.29) is 5.54 Å². The molecule has 1 aliphatic rings. The van der Waals surface area contributed by atoms with Gasteiger partial charge >= 0.3 is 0 Å². The molecule has 1 aliphatic carbocycles. The van der Waals surface area contributed by atoms with Gasteiger partial charge in [-0.25, -0.2) is 0 Å². The number of nitrogens with two attached hydrogens (primary N) is 1. The predicted octanol–water partition coefficient (Wildman–Crippen LogP) is 2.69. The van der Waals surface area contributed by atoms with Gasteiger partial charge in [-0.3, -0.25) is 0 Å². The minimum absolute atomic E-state index is 0.146. The maximum absolute atomic E-state index is 6.59. The molecule has 1 fully saturated rings. The van der Waals surface area contributed by atoms with Crippen LogP contribution in [0.15, 0.2) is 60.7 Å². The second-order valence-corrected chi connectivity index (χ2v) is 10.8. The summed E-state index contributed by atoms with van der Waals surface area (Å²) in [5.41, 5.74) is 6.79. The number of benzene rings is 2. The molecule has 2 N–H and O–H groups in total. The number of hydrogen-bond donors (Lipinski definition) is 1. The molecule has 3 rings (SSSR count). The van der Waals surface area contributed by atoms with Crippen molar-refractivity contribution in [2.24, 2.45) is 17.1 Å². The number of rotatable bonds is 5. The summed E-state index contributed by atoms with van der Waals surface area (Å²) < 4.78 is 6.50. The molecule has 0 atom stereocenters. The van der Waals surface area contributed by atoms with Crippen LogP contribution < -0.4 is 16.1 Å². The monoisotopic (exact) mass is 339 g/mol. The van der Waals surface area contributed by atoms with E-state index < -0.39 is 9.04 Å². The van der Waals surface area contributed by atoms with Crippen molar-refractivity contribution in [1.82, 2.24) is 0 Å². The second kappa shape index (κ2) is 6.83. The first-order valence-corrected chi connectivity index (χ1v) is 10.5. The summed E-state index contributed by atoms with van der Waals surface area (Å²) in [6.07, 6.45) is 2.14. The molecule has 2 nitrogen and oxygen atoms in total. The first-order valence-electron chi connectivity index (χ1n) is 8.88. The third-order valence-corrected chi connectivity index (χ3v) is 7.75. The van der Waals surface area contributed by atoms with Crippen LogP contribution in [0, 0.1) is 11.3 Å². The predicted molar refractivity (Wildman–Crippen MR) is 104 cm³/mol. The van der Waals surface area contributed by atoms with Gasteiger partial charge in [-0.1, -0.05) is 81.4 Å². The van der Waals surface area contributed by atoms with E-state index in [0.717, 1.165) is 12.8 Å². The largest absolute Gasteiger partial charge is 0.409 e. The highest BCUT2D eigenvalue weighted by molar-refractivity contribution is 6.80. The molecule has 0 spiro atoms. The molecule has 0 bridgehead atoms. The summed E-state index contributed by atoms with van der Waals surface area (Å²) in [5, 5.41) is 2.64. The van der Waals surface area contributed by atoms with Crippen molar-refractivity contribution in [3.63, 3.8) is 0 Å². The van der Waals surface area contributed by atoms with Crippen LogP contribution in [0.25, 0.3) is 0 Å². The smallest absolute Gasteiger partial charge is 0.239 e. The molecule has 0 aliphatic heterocycles. The van der Waals surface area contributed by atoms with Gasteiger partial charge in [0.2, 0.25) is 9.04 Å². The molecule has 128 valence electrons. The minimum Gasteiger partial charge on any atom is -0.409 e. The Bertz CT molecular complexity index is 605. The Balaban J connectivity index is 1.70. The summed E-state index contributed by atoms with van der Waals surface area (Å²) >= 11 is 0. The average Bonchev–Trinajstić information content (AvgIpc) is 2.54. The molecular formula is C21H29NOSi. The lowest BCUT2D eigenvalue weighted by Gasteiger charge is -2.51. The van der Waals surface area contributed by atoms with Gasteiger partial charge in [-0.15, -0.1) is 0 Å². The Hall–Kier alpha value is -1.42. The van der Waals surface area contributed by atoms with Crippen LogP contribution in [-0.2, 0) is 4.43 Å². The quantitative estimate of drug-likeness (QED) is 0.850. The molecule has 2 aromatic carbocycles. The topological polar surface area (TPSA) is 35.2 Å². The summed E-state index contributed by atoms with van der Waals surface area (Å²) in [6, 6.07) is 21.2. The van der Waals surface area contributed by atoms with Crippen LogP contribution in [0.3, 0.4) is 0 Å². The first-order chi connectivity index (χ1) is 11.4. The van der Waals surface area contributed by atoms with Crippen LogP contribution in [-0.4, -0.2) is 21.2 Å². The fourth-order valence-electron chi connectivity index (χ4n) is 3.54. The van der Waals surface area contributed by atoms with Crippen LogP contribution in [0.1, 0.15) is 33.6 Å². The summed E-state index contributed by atoms with van der Waals surface area (Å²) in [7, 11) is -1.67. The Morgan fingerprint density at radius 2 is 1.42 bits per heavy atom. The summed E-state index contributed by atoms with van der Waals surface area (Å²) in [6.45, 7) is 7.59. The van der Waals surface area contributed by atoms with Gasteiger partial charge in [0.15, 0.2) is 0 Å².